The summed E-state index contributed by atoms with van der Waals surface area (Å²) in [5.41, 5.74) is 0. The van der Waals surface area contributed by atoms with Crippen LogP contribution < -0.4 is 0 Å². The smallest absolute Gasteiger partial charge is 0.335 e. The summed E-state index contributed by atoms with van der Waals surface area (Å²) < 4.78 is 12.3. The highest BCUT2D eigenvalue weighted by Crippen LogP contribution is 2.16. The van der Waals surface area contributed by atoms with Crippen LogP contribution >= 0.6 is 0 Å². The quantitative estimate of drug-likeness (QED) is 0.505. The Morgan fingerprint density at radius 2 is 1.10 bits per heavy atom. The topological polar surface area (TPSA) is 28.2 Å². The normalized spacial score (nSPS) is 12.9. The highest BCUT2D eigenvalue weighted by atomic mass is 28.4. The molecule has 5 nitrogen and oxygen atoms in total. The van der Waals surface area contributed by atoms with Gasteiger partial charge in [-0.2, -0.15) is 0 Å². The zero-order chi connectivity index (χ0) is 15.6. The second kappa shape index (κ2) is 10.7. The number of hydrogen-bond acceptors (Lipinski definition) is 5. The second-order valence-corrected chi connectivity index (χ2v) is 9.69. The lowest BCUT2D eigenvalue weighted by molar-refractivity contribution is 0.148. The molecule has 0 rings (SSSR count). The molecule has 6 heteroatoms. The van der Waals surface area contributed by atoms with E-state index in [2.05, 4.69) is 63.5 Å². The Balaban J connectivity index is 4.18. The zero-order valence-corrected chi connectivity index (χ0v) is 15.6. The van der Waals surface area contributed by atoms with Crippen molar-refractivity contribution in [3.05, 3.63) is 0 Å². The van der Waals surface area contributed by atoms with Gasteiger partial charge < -0.3 is 23.6 Å². The molecule has 0 N–H and O–H groups in total. The van der Waals surface area contributed by atoms with Crippen molar-refractivity contribution >= 4 is 8.56 Å². The molecule has 0 saturated heterocycles. The molecule has 0 aliphatic heterocycles. The molecule has 0 atom stereocenters. The van der Waals surface area contributed by atoms with E-state index in [1.54, 1.807) is 0 Å². The van der Waals surface area contributed by atoms with Crippen LogP contribution in [0.4, 0.5) is 0 Å². The highest BCUT2D eigenvalue weighted by molar-refractivity contribution is 6.66. The Morgan fingerprint density at radius 1 is 0.700 bits per heavy atom. The van der Waals surface area contributed by atoms with Gasteiger partial charge in [0.1, 0.15) is 0 Å². The minimum Gasteiger partial charge on any atom is -0.393 e. The van der Waals surface area contributed by atoms with Gasteiger partial charge in [-0.3, -0.25) is 0 Å². The highest BCUT2D eigenvalue weighted by Gasteiger charge is 2.31. The summed E-state index contributed by atoms with van der Waals surface area (Å²) in [7, 11) is 10.5. The number of hydrogen-bond donors (Lipinski definition) is 0. The largest absolute Gasteiger partial charge is 0.393 e. The van der Waals surface area contributed by atoms with E-state index in [1.165, 1.54) is 0 Å². The maximum Gasteiger partial charge on any atom is 0.335 e. The summed E-state index contributed by atoms with van der Waals surface area (Å²) in [6.07, 6.45) is 1.14. The predicted molar refractivity (Wildman–Crippen MR) is 88.6 cm³/mol. The Kier molecular flexibility index (Phi) is 10.7. The molecule has 0 aliphatic carbocycles. The summed E-state index contributed by atoms with van der Waals surface area (Å²) in [6, 6.07) is 1.06. The molecule has 0 aliphatic rings. The van der Waals surface area contributed by atoms with Gasteiger partial charge in [0.25, 0.3) is 0 Å². The van der Waals surface area contributed by atoms with Crippen molar-refractivity contribution in [2.45, 2.75) is 19.0 Å². The van der Waals surface area contributed by atoms with Crippen LogP contribution in [0.3, 0.4) is 0 Å². The van der Waals surface area contributed by atoms with E-state index in [1.807, 2.05) is 0 Å². The van der Waals surface area contributed by atoms with Crippen LogP contribution in [0.15, 0.2) is 0 Å². The van der Waals surface area contributed by atoms with Crippen molar-refractivity contribution in [3.8, 4) is 0 Å². The SMILES string of the molecule is CN(C)CCC[Si](C)(OCCN(C)C)OCCN(C)C. The molecule has 0 aromatic rings. The van der Waals surface area contributed by atoms with Crippen LogP contribution in [-0.2, 0) is 8.85 Å². The van der Waals surface area contributed by atoms with Gasteiger partial charge in [-0.05, 0) is 67.8 Å². The summed E-state index contributed by atoms with van der Waals surface area (Å²) in [6.45, 7) is 6.73. The maximum atomic E-state index is 6.14. The average molecular weight is 306 g/mol. The number of rotatable bonds is 12. The standard InChI is InChI=1S/C14H35N3O2Si/c1-15(2)9-8-14-20(7,18-12-10-16(3)4)19-13-11-17(5)6/h8-14H2,1-7H3. The molecule has 0 aromatic carbocycles. The van der Waals surface area contributed by atoms with Crippen molar-refractivity contribution in [1.29, 1.82) is 0 Å². The molecule has 0 unspecified atom stereocenters. The molecule has 0 radical (unpaired) electrons. The molecule has 20 heavy (non-hydrogen) atoms. The first-order valence-electron chi connectivity index (χ1n) is 7.47. The van der Waals surface area contributed by atoms with Crippen LogP contribution in [0.25, 0.3) is 0 Å². The molecular weight excluding hydrogens is 270 g/mol. The Morgan fingerprint density at radius 3 is 1.45 bits per heavy atom. The molecule has 0 spiro atoms. The first kappa shape index (κ1) is 20.0. The Hall–Kier alpha value is 0.0169. The number of likely N-dealkylation sites (N-methyl/N-ethyl adjacent to an activating group) is 2. The van der Waals surface area contributed by atoms with E-state index in [-0.39, 0.29) is 0 Å². The van der Waals surface area contributed by atoms with Gasteiger partial charge >= 0.3 is 8.56 Å². The lowest BCUT2D eigenvalue weighted by atomic mass is 10.5. The van der Waals surface area contributed by atoms with Crippen LogP contribution in [0.1, 0.15) is 6.42 Å². The van der Waals surface area contributed by atoms with E-state index < -0.39 is 8.56 Å². The Labute approximate surface area is 127 Å². The molecule has 0 saturated carbocycles. The summed E-state index contributed by atoms with van der Waals surface area (Å²) >= 11 is 0. The fourth-order valence-electron chi connectivity index (χ4n) is 1.79. The molecule has 0 amide bonds. The molecule has 0 fully saturated rings. The van der Waals surface area contributed by atoms with Gasteiger partial charge in [-0.25, -0.2) is 0 Å². The first-order valence-corrected chi connectivity index (χ1v) is 9.99. The van der Waals surface area contributed by atoms with Gasteiger partial charge in [0.2, 0.25) is 0 Å². The van der Waals surface area contributed by atoms with Crippen molar-refractivity contribution in [3.63, 3.8) is 0 Å². The van der Waals surface area contributed by atoms with E-state index in [0.29, 0.717) is 0 Å². The van der Waals surface area contributed by atoms with E-state index in [0.717, 1.165) is 45.3 Å². The molecule has 0 heterocycles. The lowest BCUT2D eigenvalue weighted by Crippen LogP contribution is -2.42. The molecule has 0 bridgehead atoms. The van der Waals surface area contributed by atoms with Crippen LogP contribution in [0.2, 0.25) is 12.6 Å². The van der Waals surface area contributed by atoms with Crippen LogP contribution in [0.5, 0.6) is 0 Å². The van der Waals surface area contributed by atoms with E-state index in [4.69, 9.17) is 8.85 Å². The zero-order valence-electron chi connectivity index (χ0n) is 14.6. The predicted octanol–water partition coefficient (Wildman–Crippen LogP) is 1.17. The third-order valence-electron chi connectivity index (χ3n) is 3.13. The molecular formula is C14H35N3O2Si. The summed E-state index contributed by atoms with van der Waals surface area (Å²) in [4.78, 5) is 6.51. The third-order valence-corrected chi connectivity index (χ3v) is 6.02. The first-order chi connectivity index (χ1) is 9.25. The van der Waals surface area contributed by atoms with Crippen molar-refractivity contribution in [2.75, 3.05) is 75.1 Å². The van der Waals surface area contributed by atoms with Gasteiger partial charge in [0.05, 0.1) is 0 Å². The van der Waals surface area contributed by atoms with E-state index in [9.17, 15) is 0 Å². The second-order valence-electron chi connectivity index (χ2n) is 6.34. The number of nitrogens with zero attached hydrogens (tertiary/aromatic N) is 3. The lowest BCUT2D eigenvalue weighted by Gasteiger charge is -2.29. The van der Waals surface area contributed by atoms with Gasteiger partial charge in [-0.15, -0.1) is 0 Å². The van der Waals surface area contributed by atoms with Crippen molar-refractivity contribution in [2.24, 2.45) is 0 Å². The summed E-state index contributed by atoms with van der Waals surface area (Å²) in [5, 5.41) is 0. The minimum absolute atomic E-state index is 0.764. The minimum atomic E-state index is -2.03. The fraction of sp³-hybridized carbons (Fsp3) is 1.00. The maximum absolute atomic E-state index is 6.14. The van der Waals surface area contributed by atoms with Crippen LogP contribution in [0, 0.1) is 0 Å². The third kappa shape index (κ3) is 11.8. The van der Waals surface area contributed by atoms with Gasteiger partial charge in [0.15, 0.2) is 0 Å². The van der Waals surface area contributed by atoms with Gasteiger partial charge in [0, 0.05) is 26.3 Å². The Bertz CT molecular complexity index is 202. The van der Waals surface area contributed by atoms with E-state index >= 15 is 0 Å². The van der Waals surface area contributed by atoms with Crippen LogP contribution in [-0.4, -0.2) is 98.4 Å². The average Bonchev–Trinajstić information content (AvgIpc) is 2.27. The molecule has 122 valence electrons. The summed E-state index contributed by atoms with van der Waals surface area (Å²) in [5.74, 6) is 0. The monoisotopic (exact) mass is 305 g/mol. The fourth-order valence-corrected chi connectivity index (χ4v) is 4.01. The molecule has 0 aromatic heterocycles. The van der Waals surface area contributed by atoms with Crippen molar-refractivity contribution < 1.29 is 8.85 Å². The van der Waals surface area contributed by atoms with Gasteiger partial charge in [-0.1, -0.05) is 0 Å². The van der Waals surface area contributed by atoms with Crippen molar-refractivity contribution in [1.82, 2.24) is 14.7 Å².